The average molecular weight is 293 g/mol. The highest BCUT2D eigenvalue weighted by Gasteiger charge is 2.09. The van der Waals surface area contributed by atoms with E-state index in [4.69, 9.17) is 21.6 Å². The summed E-state index contributed by atoms with van der Waals surface area (Å²) >= 11 is 7.44. The van der Waals surface area contributed by atoms with Crippen LogP contribution in [0.25, 0.3) is 0 Å². The maximum Gasteiger partial charge on any atom is 0.137 e. The SMILES string of the molecule is CCc1nc(CCOc2ccccc2Cl)sc1C#N. The summed E-state index contributed by atoms with van der Waals surface area (Å²) in [6, 6.07) is 9.56. The van der Waals surface area contributed by atoms with E-state index >= 15 is 0 Å². The Morgan fingerprint density at radius 2 is 2.21 bits per heavy atom. The molecule has 1 aromatic carbocycles. The zero-order valence-electron chi connectivity index (χ0n) is 10.5. The highest BCUT2D eigenvalue weighted by molar-refractivity contribution is 7.12. The molecular weight excluding hydrogens is 280 g/mol. The van der Waals surface area contributed by atoms with E-state index < -0.39 is 0 Å². The molecule has 0 fully saturated rings. The smallest absolute Gasteiger partial charge is 0.137 e. The molecule has 0 atom stereocenters. The summed E-state index contributed by atoms with van der Waals surface area (Å²) < 4.78 is 5.61. The second-order valence-electron chi connectivity index (χ2n) is 3.88. The Bertz CT molecular complexity index is 604. The molecule has 2 aromatic rings. The minimum Gasteiger partial charge on any atom is -0.492 e. The molecule has 0 N–H and O–H groups in total. The maximum absolute atomic E-state index is 8.97. The Hall–Kier alpha value is -1.57. The third-order valence-corrected chi connectivity index (χ3v) is 3.96. The van der Waals surface area contributed by atoms with E-state index in [1.54, 1.807) is 6.07 Å². The average Bonchev–Trinajstić information content (AvgIpc) is 2.83. The monoisotopic (exact) mass is 292 g/mol. The van der Waals surface area contributed by atoms with Gasteiger partial charge >= 0.3 is 0 Å². The second-order valence-corrected chi connectivity index (χ2v) is 5.37. The minimum atomic E-state index is 0.505. The van der Waals surface area contributed by atoms with E-state index in [1.165, 1.54) is 11.3 Å². The molecule has 0 aliphatic rings. The van der Waals surface area contributed by atoms with Gasteiger partial charge in [0.25, 0.3) is 0 Å². The van der Waals surface area contributed by atoms with Crippen molar-refractivity contribution < 1.29 is 4.74 Å². The van der Waals surface area contributed by atoms with Gasteiger partial charge in [-0.15, -0.1) is 11.3 Å². The van der Waals surface area contributed by atoms with Crippen molar-refractivity contribution in [3.8, 4) is 11.8 Å². The predicted octanol–water partition coefficient (Wildman–Crippen LogP) is 3.85. The zero-order chi connectivity index (χ0) is 13.7. The van der Waals surface area contributed by atoms with Gasteiger partial charge in [0.15, 0.2) is 0 Å². The van der Waals surface area contributed by atoms with E-state index in [-0.39, 0.29) is 0 Å². The van der Waals surface area contributed by atoms with Crippen LogP contribution >= 0.6 is 22.9 Å². The maximum atomic E-state index is 8.97. The fraction of sp³-hybridized carbons (Fsp3) is 0.286. The Morgan fingerprint density at radius 1 is 1.42 bits per heavy atom. The molecule has 1 aromatic heterocycles. The molecule has 0 amide bonds. The third kappa shape index (κ3) is 3.46. The lowest BCUT2D eigenvalue weighted by atomic mass is 10.3. The van der Waals surface area contributed by atoms with Crippen molar-refractivity contribution in [1.82, 2.24) is 4.98 Å². The molecule has 3 nitrogen and oxygen atoms in total. The molecule has 0 aliphatic carbocycles. The number of ether oxygens (including phenoxy) is 1. The van der Waals surface area contributed by atoms with Gasteiger partial charge < -0.3 is 4.74 Å². The number of thiazole rings is 1. The summed E-state index contributed by atoms with van der Waals surface area (Å²) in [6.07, 6.45) is 1.47. The van der Waals surface area contributed by atoms with Crippen molar-refractivity contribution in [3.05, 3.63) is 44.9 Å². The summed E-state index contributed by atoms with van der Waals surface area (Å²) in [7, 11) is 0. The van der Waals surface area contributed by atoms with Gasteiger partial charge in [0.1, 0.15) is 16.7 Å². The zero-order valence-corrected chi connectivity index (χ0v) is 12.1. The largest absolute Gasteiger partial charge is 0.492 e. The standard InChI is InChI=1S/C14H13ClN2OS/c1-2-11-13(9-16)19-14(17-11)7-8-18-12-6-4-3-5-10(12)15/h3-6H,2,7-8H2,1H3. The first-order valence-electron chi connectivity index (χ1n) is 6.00. The highest BCUT2D eigenvalue weighted by atomic mass is 35.5. The Kier molecular flexibility index (Phi) is 4.78. The van der Waals surface area contributed by atoms with Crippen LogP contribution in [0.3, 0.4) is 0 Å². The molecule has 0 spiro atoms. The van der Waals surface area contributed by atoms with Crippen molar-refractivity contribution in [3.63, 3.8) is 0 Å². The van der Waals surface area contributed by atoms with Crippen molar-refractivity contribution >= 4 is 22.9 Å². The molecule has 0 unspecified atom stereocenters. The number of aromatic nitrogens is 1. The van der Waals surface area contributed by atoms with Gasteiger partial charge in [-0.2, -0.15) is 5.26 Å². The Labute approximate surface area is 121 Å². The first-order valence-corrected chi connectivity index (χ1v) is 7.20. The Balaban J connectivity index is 1.95. The van der Waals surface area contributed by atoms with E-state index in [0.717, 1.165) is 17.1 Å². The number of hydrogen-bond acceptors (Lipinski definition) is 4. The van der Waals surface area contributed by atoms with Crippen LogP contribution < -0.4 is 4.74 Å². The lowest BCUT2D eigenvalue weighted by Crippen LogP contribution is -2.01. The lowest BCUT2D eigenvalue weighted by Gasteiger charge is -2.06. The number of halogens is 1. The van der Waals surface area contributed by atoms with Crippen LogP contribution in [0.5, 0.6) is 5.75 Å². The first-order chi connectivity index (χ1) is 9.24. The number of nitriles is 1. The molecule has 0 aliphatic heterocycles. The molecular formula is C14H13ClN2OS. The normalized spacial score (nSPS) is 10.2. The molecule has 0 saturated heterocycles. The van der Waals surface area contributed by atoms with Crippen LogP contribution in [0.15, 0.2) is 24.3 Å². The van der Waals surface area contributed by atoms with Crippen LogP contribution in [0, 0.1) is 11.3 Å². The van der Waals surface area contributed by atoms with Gasteiger partial charge in [0.05, 0.1) is 22.3 Å². The molecule has 98 valence electrons. The summed E-state index contributed by atoms with van der Waals surface area (Å²) in [6.45, 7) is 2.51. The molecule has 0 saturated carbocycles. The topological polar surface area (TPSA) is 45.9 Å². The molecule has 0 radical (unpaired) electrons. The summed E-state index contributed by atoms with van der Waals surface area (Å²) in [5.74, 6) is 0.678. The van der Waals surface area contributed by atoms with Gasteiger partial charge in [0.2, 0.25) is 0 Å². The number of rotatable bonds is 5. The van der Waals surface area contributed by atoms with E-state index in [2.05, 4.69) is 11.1 Å². The van der Waals surface area contributed by atoms with Gasteiger partial charge in [0, 0.05) is 6.42 Å². The van der Waals surface area contributed by atoms with Crippen molar-refractivity contribution in [1.29, 1.82) is 5.26 Å². The van der Waals surface area contributed by atoms with Crippen molar-refractivity contribution in [2.75, 3.05) is 6.61 Å². The van der Waals surface area contributed by atoms with Crippen LogP contribution in [-0.4, -0.2) is 11.6 Å². The van der Waals surface area contributed by atoms with Gasteiger partial charge in [-0.3, -0.25) is 0 Å². The molecule has 19 heavy (non-hydrogen) atoms. The van der Waals surface area contributed by atoms with Crippen LogP contribution in [0.1, 0.15) is 22.5 Å². The predicted molar refractivity (Wildman–Crippen MR) is 76.9 cm³/mol. The molecule has 1 heterocycles. The van der Waals surface area contributed by atoms with E-state index in [1.807, 2.05) is 25.1 Å². The van der Waals surface area contributed by atoms with E-state index in [0.29, 0.717) is 28.7 Å². The fourth-order valence-electron chi connectivity index (χ4n) is 1.64. The van der Waals surface area contributed by atoms with Crippen molar-refractivity contribution in [2.24, 2.45) is 0 Å². The number of nitrogens with zero attached hydrogens (tertiary/aromatic N) is 2. The van der Waals surface area contributed by atoms with Crippen LogP contribution in [0.4, 0.5) is 0 Å². The van der Waals surface area contributed by atoms with Crippen LogP contribution in [0.2, 0.25) is 5.02 Å². The van der Waals surface area contributed by atoms with Gasteiger partial charge in [-0.25, -0.2) is 4.98 Å². The minimum absolute atomic E-state index is 0.505. The third-order valence-electron chi connectivity index (χ3n) is 2.59. The van der Waals surface area contributed by atoms with Crippen molar-refractivity contribution in [2.45, 2.75) is 19.8 Å². The van der Waals surface area contributed by atoms with Gasteiger partial charge in [-0.05, 0) is 18.6 Å². The fourth-order valence-corrected chi connectivity index (χ4v) is 2.77. The molecule has 2 rings (SSSR count). The summed E-state index contributed by atoms with van der Waals surface area (Å²) in [5, 5.41) is 10.5. The quantitative estimate of drug-likeness (QED) is 0.841. The van der Waals surface area contributed by atoms with Crippen LogP contribution in [-0.2, 0) is 12.8 Å². The number of aryl methyl sites for hydroxylation is 1. The van der Waals surface area contributed by atoms with Gasteiger partial charge in [-0.1, -0.05) is 30.7 Å². The molecule has 0 bridgehead atoms. The second kappa shape index (κ2) is 6.55. The number of benzene rings is 1. The summed E-state index contributed by atoms with van der Waals surface area (Å²) in [5.41, 5.74) is 0.875. The highest BCUT2D eigenvalue weighted by Crippen LogP contribution is 2.24. The van der Waals surface area contributed by atoms with E-state index in [9.17, 15) is 0 Å². The lowest BCUT2D eigenvalue weighted by molar-refractivity contribution is 0.322. The summed E-state index contributed by atoms with van der Waals surface area (Å²) in [4.78, 5) is 5.14. The first kappa shape index (κ1) is 13.9. The molecule has 5 heteroatoms. The Morgan fingerprint density at radius 3 is 2.84 bits per heavy atom. The number of hydrogen-bond donors (Lipinski definition) is 0. The number of para-hydroxylation sites is 1.